The van der Waals surface area contributed by atoms with Gasteiger partial charge in [0.05, 0.1) is 0 Å². The largest absolute Gasteiger partial charge is 1.00 e. The zero-order valence-corrected chi connectivity index (χ0v) is 36.1. The first-order valence-corrected chi connectivity index (χ1v) is 18.3. The van der Waals surface area contributed by atoms with Gasteiger partial charge in [-0.2, -0.15) is 70.1 Å². The van der Waals surface area contributed by atoms with Gasteiger partial charge >= 0.3 is 0 Å². The molecule has 0 heterocycles. The van der Waals surface area contributed by atoms with Gasteiger partial charge in [-0.3, -0.25) is 0 Å². The Balaban J connectivity index is 0. The average Bonchev–Trinajstić information content (AvgIpc) is 3.85. The molecule has 0 atom stereocenters. The van der Waals surface area contributed by atoms with Crippen molar-refractivity contribution < 1.29 is 61.1 Å². The summed E-state index contributed by atoms with van der Waals surface area (Å²) in [6, 6.07) is 58.7. The fraction of sp³-hybridized carbons (Fsp3) is 0.100. The van der Waals surface area contributed by atoms with E-state index in [1.807, 2.05) is 0 Å². The van der Waals surface area contributed by atoms with Gasteiger partial charge in [0.1, 0.15) is 0 Å². The van der Waals surface area contributed by atoms with Crippen molar-refractivity contribution in [2.24, 2.45) is 0 Å². The average molecular weight is 972 g/mol. The molecule has 236 valence electrons. The molecule has 8 aromatic rings. The van der Waals surface area contributed by atoms with E-state index in [0.29, 0.717) is 0 Å². The first-order chi connectivity index (χ1) is 20.7. The van der Waals surface area contributed by atoms with Crippen molar-refractivity contribution in [2.45, 2.75) is 26.2 Å². The normalized spacial score (nSPS) is 8.78. The molecule has 0 aliphatic carbocycles. The topological polar surface area (TPSA) is 0 Å². The number of benzene rings is 4. The molecule has 8 rings (SSSR count). The van der Waals surface area contributed by atoms with E-state index >= 15 is 0 Å². The minimum atomic E-state index is 0. The second-order valence-corrected chi connectivity index (χ2v) is 11.6. The van der Waals surface area contributed by atoms with Gasteiger partial charge in [0, 0.05) is 70.7 Å². The molecule has 0 nitrogen and oxygen atoms in total. The van der Waals surface area contributed by atoms with Crippen molar-refractivity contribution in [1.29, 1.82) is 0 Å². The molecule has 0 amide bonds. The molecule has 0 spiro atoms. The standard InChI is InChI=1S/4C9H7.2C2H6Si.2FH.2Hf/c4*1-2-5-9-7-3-6-8(9)4-1;2*1-3-2;;;;/h4*1-7H;2*1-2H3;2*1H;;/q4*-1;;;;;;/p-2. The van der Waals surface area contributed by atoms with Crippen LogP contribution >= 0.6 is 0 Å². The summed E-state index contributed by atoms with van der Waals surface area (Å²) in [6.45, 7) is 8.61. The minimum Gasteiger partial charge on any atom is -1.00 e. The fourth-order valence-corrected chi connectivity index (χ4v) is 4.28. The third-order valence-electron chi connectivity index (χ3n) is 6.19. The quantitative estimate of drug-likeness (QED) is 0.133. The molecule has 0 aromatic heterocycles. The summed E-state index contributed by atoms with van der Waals surface area (Å²) >= 11 is 0. The molecule has 0 aliphatic rings. The van der Waals surface area contributed by atoms with Crippen molar-refractivity contribution in [3.8, 4) is 0 Å². The van der Waals surface area contributed by atoms with Crippen molar-refractivity contribution in [1.82, 2.24) is 0 Å². The summed E-state index contributed by atoms with van der Waals surface area (Å²) in [5, 5.41) is 10.6. The van der Waals surface area contributed by atoms with Crippen LogP contribution in [0.25, 0.3) is 43.1 Å². The number of hydrogen-bond donors (Lipinski definition) is 0. The molecular formula is C40H40F2Hf2Si2-6. The van der Waals surface area contributed by atoms with Crippen molar-refractivity contribution in [3.05, 3.63) is 170 Å². The number of hydrogen-bond acceptors (Lipinski definition) is 0. The maximum absolute atomic E-state index is 2.15. The van der Waals surface area contributed by atoms with E-state index in [1.165, 1.54) is 43.1 Å². The van der Waals surface area contributed by atoms with E-state index in [0.717, 1.165) is 19.0 Å². The molecule has 4 radical (unpaired) electrons. The van der Waals surface area contributed by atoms with Crippen LogP contribution in [0.15, 0.2) is 170 Å². The molecule has 0 saturated heterocycles. The van der Waals surface area contributed by atoms with E-state index in [4.69, 9.17) is 0 Å². The summed E-state index contributed by atoms with van der Waals surface area (Å²) in [4.78, 5) is 0. The van der Waals surface area contributed by atoms with Crippen LogP contribution < -0.4 is 9.41 Å². The maximum Gasteiger partial charge on any atom is 0.0307 e. The first-order valence-electron chi connectivity index (χ1n) is 14.3. The van der Waals surface area contributed by atoms with Gasteiger partial charge in [0.2, 0.25) is 0 Å². The smallest absolute Gasteiger partial charge is 0.0307 e. The van der Waals surface area contributed by atoms with Gasteiger partial charge in [-0.05, 0) is 0 Å². The molecule has 46 heavy (non-hydrogen) atoms. The van der Waals surface area contributed by atoms with E-state index in [1.54, 1.807) is 0 Å². The van der Waals surface area contributed by atoms with Gasteiger partial charge in [0.25, 0.3) is 0 Å². The van der Waals surface area contributed by atoms with E-state index in [-0.39, 0.29) is 61.1 Å². The third-order valence-corrected chi connectivity index (χ3v) is 6.19. The molecule has 6 heteroatoms. The second-order valence-electron chi connectivity index (χ2n) is 9.62. The Morgan fingerprint density at radius 2 is 0.500 bits per heavy atom. The molecule has 0 saturated carbocycles. The molecule has 0 fully saturated rings. The zero-order valence-electron chi connectivity index (χ0n) is 26.9. The van der Waals surface area contributed by atoms with Gasteiger partial charge in [0.15, 0.2) is 0 Å². The summed E-state index contributed by atoms with van der Waals surface area (Å²) in [6.07, 6.45) is 0. The Morgan fingerprint density at radius 1 is 0.326 bits per heavy atom. The van der Waals surface area contributed by atoms with Crippen LogP contribution in [0.2, 0.25) is 26.2 Å². The Kier molecular flexibility index (Phi) is 27.2. The van der Waals surface area contributed by atoms with Gasteiger partial charge in [-0.15, -0.1) is 119 Å². The predicted molar refractivity (Wildman–Crippen MR) is 193 cm³/mol. The van der Waals surface area contributed by atoms with Crippen LogP contribution in [0.5, 0.6) is 0 Å². The van der Waals surface area contributed by atoms with Crippen molar-refractivity contribution >= 4 is 62.1 Å². The number of halogens is 2. The Bertz CT molecular complexity index is 1430. The SMILES string of the molecule is C[Si]C.C[Si]C.[F-].[F-].[Hf].[Hf].c1ccc2[cH-]ccc2c1.c1ccc2[cH-]ccc2c1.c1ccc2[cH-]ccc2c1.c1ccc2[cH-]ccc2c1. The zero-order chi connectivity index (χ0) is 29.8. The molecule has 0 N–H and O–H groups in total. The van der Waals surface area contributed by atoms with Crippen LogP contribution in [-0.4, -0.2) is 19.0 Å². The molecule has 0 unspecified atom stereocenters. The predicted octanol–water partition coefficient (Wildman–Crippen LogP) is 5.81. The summed E-state index contributed by atoms with van der Waals surface area (Å²) < 4.78 is 0. The minimum absolute atomic E-state index is 0. The van der Waals surface area contributed by atoms with E-state index in [9.17, 15) is 0 Å². The second kappa shape index (κ2) is 27.5. The summed E-state index contributed by atoms with van der Waals surface area (Å²) in [5.41, 5.74) is 0. The Morgan fingerprint density at radius 3 is 0.674 bits per heavy atom. The molecule has 0 aliphatic heterocycles. The summed E-state index contributed by atoms with van der Waals surface area (Å²) in [5.74, 6) is 0. The van der Waals surface area contributed by atoms with Crippen LogP contribution in [-0.2, 0) is 51.7 Å². The Hall–Kier alpha value is -2.65. The van der Waals surface area contributed by atoms with Crippen LogP contribution in [0, 0.1) is 0 Å². The molecular weight excluding hydrogens is 932 g/mol. The van der Waals surface area contributed by atoms with Crippen LogP contribution in [0.1, 0.15) is 0 Å². The van der Waals surface area contributed by atoms with Crippen LogP contribution in [0.3, 0.4) is 0 Å². The van der Waals surface area contributed by atoms with Crippen molar-refractivity contribution in [3.63, 3.8) is 0 Å². The summed E-state index contributed by atoms with van der Waals surface area (Å²) in [7, 11) is 2.17. The van der Waals surface area contributed by atoms with Gasteiger partial charge in [-0.25, -0.2) is 0 Å². The molecule has 8 aromatic carbocycles. The van der Waals surface area contributed by atoms with Gasteiger partial charge < -0.3 is 9.41 Å². The monoisotopic (exact) mass is 974 g/mol. The maximum atomic E-state index is 2.15. The van der Waals surface area contributed by atoms with E-state index in [2.05, 4.69) is 196 Å². The Labute approximate surface area is 316 Å². The third kappa shape index (κ3) is 15.8. The van der Waals surface area contributed by atoms with E-state index < -0.39 is 0 Å². The number of fused-ring (bicyclic) bond motifs is 4. The number of rotatable bonds is 0. The van der Waals surface area contributed by atoms with Crippen molar-refractivity contribution in [2.75, 3.05) is 0 Å². The fourth-order valence-electron chi connectivity index (χ4n) is 4.28. The van der Waals surface area contributed by atoms with Crippen LogP contribution in [0.4, 0.5) is 0 Å². The molecule has 0 bridgehead atoms. The first kappa shape index (κ1) is 45.5. The van der Waals surface area contributed by atoms with Gasteiger partial charge in [-0.1, -0.05) is 50.5 Å².